The lowest BCUT2D eigenvalue weighted by Crippen LogP contribution is -2.13. The van der Waals surface area contributed by atoms with Crippen LogP contribution in [0.1, 0.15) is 10.5 Å². The smallest absolute Gasteiger partial charge is 0.276 e. The molecular formula is C18H12N6O4. The lowest BCUT2D eigenvalue weighted by Gasteiger charge is -2.08. The Morgan fingerprint density at radius 1 is 1.14 bits per heavy atom. The SMILES string of the molecule is O=C(Nc1cc(Oc2cccnc2)cc([N+](=O)[O-])c1)c1cc2ncccn2n1. The summed E-state index contributed by atoms with van der Waals surface area (Å²) < 4.78 is 7.05. The molecule has 0 atom stereocenters. The van der Waals surface area contributed by atoms with E-state index in [2.05, 4.69) is 20.4 Å². The molecule has 0 saturated heterocycles. The molecule has 138 valence electrons. The van der Waals surface area contributed by atoms with Gasteiger partial charge in [-0.3, -0.25) is 19.9 Å². The highest BCUT2D eigenvalue weighted by Gasteiger charge is 2.16. The van der Waals surface area contributed by atoms with Crippen LogP contribution in [-0.4, -0.2) is 30.4 Å². The molecule has 10 nitrogen and oxygen atoms in total. The Morgan fingerprint density at radius 3 is 2.79 bits per heavy atom. The standard InChI is InChI=1S/C18H12N6O4/c25-18(16-10-17-20-5-2-6-23(17)22-16)21-12-7-13(24(26)27)9-15(8-12)28-14-3-1-4-19-11-14/h1-11H,(H,21,25). The maximum Gasteiger partial charge on any atom is 0.276 e. The van der Waals surface area contributed by atoms with Crippen LogP contribution in [0.3, 0.4) is 0 Å². The van der Waals surface area contributed by atoms with Gasteiger partial charge in [0.15, 0.2) is 11.3 Å². The Bertz CT molecular complexity index is 1140. The van der Waals surface area contributed by atoms with E-state index in [0.29, 0.717) is 11.4 Å². The zero-order valence-electron chi connectivity index (χ0n) is 14.2. The minimum atomic E-state index is -0.569. The second kappa shape index (κ2) is 7.11. The van der Waals surface area contributed by atoms with Crippen molar-refractivity contribution in [2.45, 2.75) is 0 Å². The van der Waals surface area contributed by atoms with Gasteiger partial charge in [-0.1, -0.05) is 0 Å². The van der Waals surface area contributed by atoms with Gasteiger partial charge in [-0.2, -0.15) is 5.10 Å². The molecule has 0 radical (unpaired) electrons. The minimum absolute atomic E-state index is 0.125. The van der Waals surface area contributed by atoms with Gasteiger partial charge < -0.3 is 10.1 Å². The first-order valence-electron chi connectivity index (χ1n) is 8.07. The van der Waals surface area contributed by atoms with E-state index in [1.165, 1.54) is 35.0 Å². The van der Waals surface area contributed by atoms with E-state index in [4.69, 9.17) is 4.74 Å². The number of nitro groups is 1. The molecule has 0 saturated carbocycles. The number of hydrogen-bond acceptors (Lipinski definition) is 7. The van der Waals surface area contributed by atoms with Crippen molar-refractivity contribution in [1.82, 2.24) is 19.6 Å². The predicted molar refractivity (Wildman–Crippen MR) is 98.3 cm³/mol. The number of non-ortho nitro benzene ring substituents is 1. The van der Waals surface area contributed by atoms with Gasteiger partial charge in [0, 0.05) is 36.8 Å². The normalized spacial score (nSPS) is 10.6. The number of ether oxygens (including phenoxy) is 1. The summed E-state index contributed by atoms with van der Waals surface area (Å²) in [5.74, 6) is 0.0687. The van der Waals surface area contributed by atoms with Gasteiger partial charge in [-0.15, -0.1) is 0 Å². The lowest BCUT2D eigenvalue weighted by molar-refractivity contribution is -0.384. The van der Waals surface area contributed by atoms with E-state index in [1.54, 1.807) is 36.8 Å². The first kappa shape index (κ1) is 17.1. The van der Waals surface area contributed by atoms with Crippen LogP contribution in [0.5, 0.6) is 11.5 Å². The van der Waals surface area contributed by atoms with Crippen LogP contribution in [0.2, 0.25) is 0 Å². The van der Waals surface area contributed by atoms with E-state index >= 15 is 0 Å². The molecule has 28 heavy (non-hydrogen) atoms. The first-order valence-corrected chi connectivity index (χ1v) is 8.07. The largest absolute Gasteiger partial charge is 0.455 e. The van der Waals surface area contributed by atoms with Crippen molar-refractivity contribution in [3.05, 3.63) is 83.1 Å². The van der Waals surface area contributed by atoms with Crippen molar-refractivity contribution < 1.29 is 14.5 Å². The van der Waals surface area contributed by atoms with Gasteiger partial charge >= 0.3 is 0 Å². The van der Waals surface area contributed by atoms with Crippen molar-refractivity contribution in [2.24, 2.45) is 0 Å². The number of nitro benzene ring substituents is 1. The molecule has 4 aromatic rings. The number of carbonyl (C=O) groups excluding carboxylic acids is 1. The molecule has 4 rings (SSSR count). The highest BCUT2D eigenvalue weighted by Crippen LogP contribution is 2.29. The van der Waals surface area contributed by atoms with Gasteiger partial charge in [0.25, 0.3) is 11.6 Å². The summed E-state index contributed by atoms with van der Waals surface area (Å²) >= 11 is 0. The summed E-state index contributed by atoms with van der Waals surface area (Å²) in [4.78, 5) is 31.2. The molecule has 0 spiro atoms. The summed E-state index contributed by atoms with van der Waals surface area (Å²) in [6, 6.07) is 10.5. The molecule has 0 bridgehead atoms. The number of aromatic nitrogens is 4. The van der Waals surface area contributed by atoms with Gasteiger partial charge in [0.05, 0.1) is 22.9 Å². The number of benzene rings is 1. The van der Waals surface area contributed by atoms with E-state index in [-0.39, 0.29) is 22.8 Å². The maximum absolute atomic E-state index is 12.5. The van der Waals surface area contributed by atoms with E-state index < -0.39 is 10.8 Å². The number of nitrogens with zero attached hydrogens (tertiary/aromatic N) is 5. The quantitative estimate of drug-likeness (QED) is 0.419. The second-order valence-electron chi connectivity index (χ2n) is 5.67. The zero-order valence-corrected chi connectivity index (χ0v) is 14.2. The Kier molecular flexibility index (Phi) is 4.34. The number of rotatable bonds is 5. The topological polar surface area (TPSA) is 125 Å². The molecule has 3 aromatic heterocycles. The molecule has 0 unspecified atom stereocenters. The molecule has 0 fully saturated rings. The van der Waals surface area contributed by atoms with Crippen LogP contribution in [0, 0.1) is 10.1 Å². The van der Waals surface area contributed by atoms with Crippen LogP contribution < -0.4 is 10.1 Å². The van der Waals surface area contributed by atoms with Crippen molar-refractivity contribution >= 4 is 22.9 Å². The molecular weight excluding hydrogens is 364 g/mol. The lowest BCUT2D eigenvalue weighted by atomic mass is 10.2. The molecule has 3 heterocycles. The van der Waals surface area contributed by atoms with Gasteiger partial charge in [-0.25, -0.2) is 9.50 Å². The highest BCUT2D eigenvalue weighted by atomic mass is 16.6. The second-order valence-corrected chi connectivity index (χ2v) is 5.67. The monoisotopic (exact) mass is 376 g/mol. The Morgan fingerprint density at radius 2 is 2.04 bits per heavy atom. The predicted octanol–water partition coefficient (Wildman–Crippen LogP) is 3.08. The fraction of sp³-hybridized carbons (Fsp3) is 0. The molecule has 1 aromatic carbocycles. The minimum Gasteiger partial charge on any atom is -0.455 e. The average Bonchev–Trinajstić information content (AvgIpc) is 3.13. The summed E-state index contributed by atoms with van der Waals surface area (Å²) in [7, 11) is 0. The molecule has 0 aliphatic heterocycles. The molecule has 0 aliphatic carbocycles. The van der Waals surface area contributed by atoms with Crippen LogP contribution in [0.4, 0.5) is 11.4 Å². The molecule has 10 heteroatoms. The number of hydrogen-bond donors (Lipinski definition) is 1. The summed E-state index contributed by atoms with van der Waals surface area (Å²) in [6.07, 6.45) is 6.30. The third kappa shape index (κ3) is 3.60. The Labute approximate surface area is 157 Å². The number of amides is 1. The highest BCUT2D eigenvalue weighted by molar-refractivity contribution is 6.03. The summed E-state index contributed by atoms with van der Waals surface area (Å²) in [6.45, 7) is 0. The van der Waals surface area contributed by atoms with Crippen LogP contribution in [0.25, 0.3) is 5.65 Å². The average molecular weight is 376 g/mol. The Balaban J connectivity index is 1.62. The van der Waals surface area contributed by atoms with E-state index in [0.717, 1.165) is 0 Å². The summed E-state index contributed by atoms with van der Waals surface area (Å²) in [5.41, 5.74) is 0.601. The zero-order chi connectivity index (χ0) is 19.5. The number of anilines is 1. The van der Waals surface area contributed by atoms with Crippen LogP contribution >= 0.6 is 0 Å². The van der Waals surface area contributed by atoms with Gasteiger partial charge in [0.1, 0.15) is 11.5 Å². The van der Waals surface area contributed by atoms with Gasteiger partial charge in [0.2, 0.25) is 0 Å². The number of carbonyl (C=O) groups is 1. The van der Waals surface area contributed by atoms with Crippen molar-refractivity contribution in [3.8, 4) is 11.5 Å². The van der Waals surface area contributed by atoms with Crippen molar-refractivity contribution in [3.63, 3.8) is 0 Å². The third-order valence-corrected chi connectivity index (χ3v) is 3.70. The Hall–Kier alpha value is -4.34. The summed E-state index contributed by atoms with van der Waals surface area (Å²) in [5, 5.41) is 18.0. The van der Waals surface area contributed by atoms with Crippen LogP contribution in [0.15, 0.2) is 67.3 Å². The molecule has 0 aliphatic rings. The first-order chi connectivity index (χ1) is 13.6. The number of fused-ring (bicyclic) bond motifs is 1. The van der Waals surface area contributed by atoms with E-state index in [1.807, 2.05) is 0 Å². The fourth-order valence-corrected chi connectivity index (χ4v) is 2.50. The number of nitrogens with one attached hydrogen (secondary N) is 1. The fourth-order valence-electron chi connectivity index (χ4n) is 2.50. The number of pyridine rings is 1. The van der Waals surface area contributed by atoms with E-state index in [9.17, 15) is 14.9 Å². The molecule has 1 amide bonds. The van der Waals surface area contributed by atoms with Crippen molar-refractivity contribution in [2.75, 3.05) is 5.32 Å². The van der Waals surface area contributed by atoms with Gasteiger partial charge in [-0.05, 0) is 18.2 Å². The maximum atomic E-state index is 12.5. The van der Waals surface area contributed by atoms with Crippen molar-refractivity contribution in [1.29, 1.82) is 0 Å². The third-order valence-electron chi connectivity index (χ3n) is 3.70. The van der Waals surface area contributed by atoms with Crippen LogP contribution in [-0.2, 0) is 0 Å². The molecule has 1 N–H and O–H groups in total.